The predicted octanol–water partition coefficient (Wildman–Crippen LogP) is 0.614. The van der Waals surface area contributed by atoms with E-state index in [0.717, 1.165) is 32.5 Å². The first kappa shape index (κ1) is 15.5. The van der Waals surface area contributed by atoms with Gasteiger partial charge in [0.1, 0.15) is 0 Å². The molecular weight excluding hydrogens is 280 g/mol. The van der Waals surface area contributed by atoms with Gasteiger partial charge in [0.15, 0.2) is 0 Å². The van der Waals surface area contributed by atoms with Crippen LogP contribution in [0.5, 0.6) is 0 Å². The van der Waals surface area contributed by atoms with Gasteiger partial charge >= 0.3 is 0 Å². The summed E-state index contributed by atoms with van der Waals surface area (Å²) < 4.78 is 1.83. The summed E-state index contributed by atoms with van der Waals surface area (Å²) >= 11 is 0. The van der Waals surface area contributed by atoms with Crippen LogP contribution in [0.4, 0.5) is 0 Å². The SMILES string of the molecule is CC(=O)N1[C@H]2CCN(Cc3cnn(C)c3)C[C@@H]2C[C@]1(C)CO. The number of aliphatic hydroxyl groups is 1. The van der Waals surface area contributed by atoms with Crippen molar-refractivity contribution in [2.24, 2.45) is 13.0 Å². The molecule has 1 amide bonds. The second-order valence-electron chi connectivity index (χ2n) is 7.12. The average molecular weight is 306 g/mol. The van der Waals surface area contributed by atoms with Crippen molar-refractivity contribution in [3.63, 3.8) is 0 Å². The standard InChI is InChI=1S/C16H26N4O2/c1-12(22)20-15-4-5-19(9-13-7-17-18(3)8-13)10-14(15)6-16(20,2)11-21/h7-8,14-15,21H,4-6,9-11H2,1-3H3/t14-,15-,16+/m0/s1. The van der Waals surface area contributed by atoms with E-state index in [2.05, 4.69) is 16.2 Å². The van der Waals surface area contributed by atoms with Crippen LogP contribution in [-0.2, 0) is 18.4 Å². The lowest BCUT2D eigenvalue weighted by molar-refractivity contribution is -0.137. The summed E-state index contributed by atoms with van der Waals surface area (Å²) in [6.07, 6.45) is 5.85. The van der Waals surface area contributed by atoms with Gasteiger partial charge in [-0.1, -0.05) is 0 Å². The van der Waals surface area contributed by atoms with Crippen molar-refractivity contribution >= 4 is 5.91 Å². The van der Waals surface area contributed by atoms with Crippen LogP contribution in [-0.4, -0.2) is 61.9 Å². The zero-order chi connectivity index (χ0) is 15.9. The van der Waals surface area contributed by atoms with Crippen molar-refractivity contribution in [1.82, 2.24) is 19.6 Å². The summed E-state index contributed by atoms with van der Waals surface area (Å²) in [5, 5.41) is 14.0. The third-order valence-corrected chi connectivity index (χ3v) is 5.24. The fraction of sp³-hybridized carbons (Fsp3) is 0.750. The number of carbonyl (C=O) groups is 1. The molecule has 2 fully saturated rings. The molecule has 1 aromatic rings. The van der Waals surface area contributed by atoms with Crippen molar-refractivity contribution in [2.45, 2.75) is 44.8 Å². The van der Waals surface area contributed by atoms with E-state index in [1.54, 1.807) is 6.92 Å². The maximum Gasteiger partial charge on any atom is 0.220 e. The van der Waals surface area contributed by atoms with E-state index in [-0.39, 0.29) is 18.6 Å². The van der Waals surface area contributed by atoms with E-state index in [0.29, 0.717) is 5.92 Å². The number of hydrogen-bond donors (Lipinski definition) is 1. The lowest BCUT2D eigenvalue weighted by Crippen LogP contribution is -2.52. The number of aryl methyl sites for hydroxylation is 1. The highest BCUT2D eigenvalue weighted by atomic mass is 16.3. The Labute approximate surface area is 131 Å². The number of aromatic nitrogens is 2. The van der Waals surface area contributed by atoms with Crippen LogP contribution < -0.4 is 0 Å². The quantitative estimate of drug-likeness (QED) is 0.889. The molecule has 2 saturated heterocycles. The van der Waals surface area contributed by atoms with Gasteiger partial charge in [0.2, 0.25) is 5.91 Å². The molecular formula is C16H26N4O2. The molecule has 3 rings (SSSR count). The third kappa shape index (κ3) is 2.65. The molecule has 0 spiro atoms. The number of aliphatic hydroxyl groups excluding tert-OH is 1. The highest BCUT2D eigenvalue weighted by Crippen LogP contribution is 2.42. The molecule has 3 atom stereocenters. The Kier molecular flexibility index (Phi) is 3.99. The normalized spacial score (nSPS) is 32.3. The minimum Gasteiger partial charge on any atom is -0.394 e. The van der Waals surface area contributed by atoms with Gasteiger partial charge in [-0.05, 0) is 25.7 Å². The first-order valence-corrected chi connectivity index (χ1v) is 8.03. The summed E-state index contributed by atoms with van der Waals surface area (Å²) in [4.78, 5) is 16.4. The van der Waals surface area contributed by atoms with Crippen molar-refractivity contribution in [3.8, 4) is 0 Å². The molecule has 2 aliphatic rings. The molecule has 0 unspecified atom stereocenters. The largest absolute Gasteiger partial charge is 0.394 e. The Bertz CT molecular complexity index is 558. The van der Waals surface area contributed by atoms with Gasteiger partial charge < -0.3 is 10.0 Å². The molecule has 0 bridgehead atoms. The van der Waals surface area contributed by atoms with Crippen LogP contribution in [0.1, 0.15) is 32.3 Å². The zero-order valence-corrected chi connectivity index (χ0v) is 13.7. The lowest BCUT2D eigenvalue weighted by atomic mass is 9.89. The molecule has 0 saturated carbocycles. The minimum atomic E-state index is -0.397. The second-order valence-corrected chi connectivity index (χ2v) is 7.12. The molecule has 0 aliphatic carbocycles. The van der Waals surface area contributed by atoms with Gasteiger partial charge in [-0.3, -0.25) is 14.4 Å². The van der Waals surface area contributed by atoms with E-state index in [1.807, 2.05) is 29.7 Å². The van der Waals surface area contributed by atoms with E-state index in [1.165, 1.54) is 5.56 Å². The molecule has 122 valence electrons. The Morgan fingerprint density at radius 2 is 2.32 bits per heavy atom. The Balaban J connectivity index is 1.70. The van der Waals surface area contributed by atoms with E-state index < -0.39 is 5.54 Å². The average Bonchev–Trinajstić information content (AvgIpc) is 2.99. The Morgan fingerprint density at radius 1 is 1.55 bits per heavy atom. The van der Waals surface area contributed by atoms with Crippen molar-refractivity contribution in [2.75, 3.05) is 19.7 Å². The van der Waals surface area contributed by atoms with Gasteiger partial charge in [0.25, 0.3) is 0 Å². The summed E-state index contributed by atoms with van der Waals surface area (Å²) in [6.45, 7) is 6.56. The molecule has 0 radical (unpaired) electrons. The zero-order valence-electron chi connectivity index (χ0n) is 13.7. The van der Waals surface area contributed by atoms with Crippen LogP contribution >= 0.6 is 0 Å². The lowest BCUT2D eigenvalue weighted by Gasteiger charge is -2.40. The van der Waals surface area contributed by atoms with Gasteiger partial charge in [-0.2, -0.15) is 5.10 Å². The summed E-state index contributed by atoms with van der Waals surface area (Å²) in [6, 6.07) is 0.278. The smallest absolute Gasteiger partial charge is 0.220 e. The summed E-state index contributed by atoms with van der Waals surface area (Å²) in [7, 11) is 1.93. The van der Waals surface area contributed by atoms with E-state index in [9.17, 15) is 9.90 Å². The molecule has 0 aromatic carbocycles. The second kappa shape index (κ2) is 5.66. The summed E-state index contributed by atoms with van der Waals surface area (Å²) in [5.74, 6) is 0.538. The topological polar surface area (TPSA) is 61.6 Å². The number of likely N-dealkylation sites (tertiary alicyclic amines) is 2. The Morgan fingerprint density at radius 3 is 2.91 bits per heavy atom. The molecule has 22 heavy (non-hydrogen) atoms. The van der Waals surface area contributed by atoms with Gasteiger partial charge in [-0.15, -0.1) is 0 Å². The first-order valence-electron chi connectivity index (χ1n) is 8.03. The molecule has 3 heterocycles. The fourth-order valence-electron chi connectivity index (χ4n) is 4.41. The molecule has 6 nitrogen and oxygen atoms in total. The van der Waals surface area contributed by atoms with Gasteiger partial charge in [0.05, 0.1) is 18.3 Å². The summed E-state index contributed by atoms with van der Waals surface area (Å²) in [5.41, 5.74) is 0.832. The van der Waals surface area contributed by atoms with E-state index >= 15 is 0 Å². The number of fused-ring (bicyclic) bond motifs is 1. The van der Waals surface area contributed by atoms with E-state index in [4.69, 9.17) is 0 Å². The van der Waals surface area contributed by atoms with Crippen LogP contribution in [0.2, 0.25) is 0 Å². The highest BCUT2D eigenvalue weighted by Gasteiger charge is 2.51. The van der Waals surface area contributed by atoms with Crippen LogP contribution in [0, 0.1) is 5.92 Å². The first-order chi connectivity index (χ1) is 10.4. The van der Waals surface area contributed by atoms with Crippen molar-refractivity contribution in [3.05, 3.63) is 18.0 Å². The van der Waals surface area contributed by atoms with Crippen LogP contribution in [0.15, 0.2) is 12.4 Å². The minimum absolute atomic E-state index is 0.0438. The maximum atomic E-state index is 12.0. The van der Waals surface area contributed by atoms with Crippen molar-refractivity contribution in [1.29, 1.82) is 0 Å². The maximum absolute atomic E-state index is 12.0. The fourth-order valence-corrected chi connectivity index (χ4v) is 4.41. The van der Waals surface area contributed by atoms with Crippen LogP contribution in [0.3, 0.4) is 0 Å². The number of rotatable bonds is 3. The molecule has 1 N–H and O–H groups in total. The monoisotopic (exact) mass is 306 g/mol. The highest BCUT2D eigenvalue weighted by molar-refractivity contribution is 5.75. The van der Waals surface area contributed by atoms with Crippen molar-refractivity contribution < 1.29 is 9.90 Å². The third-order valence-electron chi connectivity index (χ3n) is 5.24. The number of piperidine rings is 1. The number of nitrogens with zero attached hydrogens (tertiary/aromatic N) is 4. The van der Waals surface area contributed by atoms with Gasteiger partial charge in [0, 0.05) is 51.4 Å². The molecule has 2 aliphatic heterocycles. The Hall–Kier alpha value is -1.40. The van der Waals surface area contributed by atoms with Gasteiger partial charge in [-0.25, -0.2) is 0 Å². The number of amides is 1. The number of hydrogen-bond acceptors (Lipinski definition) is 4. The molecule has 1 aromatic heterocycles. The molecule has 6 heteroatoms. The van der Waals surface area contributed by atoms with Crippen LogP contribution in [0.25, 0.3) is 0 Å². The predicted molar refractivity (Wildman–Crippen MR) is 83.0 cm³/mol. The number of carbonyl (C=O) groups excluding carboxylic acids is 1.